The molecule has 3 rings (SSSR count). The fraction of sp³-hybridized carbons (Fsp3) is 0.0625. The second-order valence-corrected chi connectivity index (χ2v) is 4.72. The number of hydrogen-bond donors (Lipinski definition) is 0. The summed E-state index contributed by atoms with van der Waals surface area (Å²) in [5.41, 5.74) is 0.728. The SMILES string of the molecule is CC1=C/C(=C\c2ccc(-c3ccccc3[N+](=O)[O-])o2)C(=O)O1. The zero-order valence-corrected chi connectivity index (χ0v) is 11.6. The van der Waals surface area contributed by atoms with Crippen molar-refractivity contribution in [1.82, 2.24) is 0 Å². The molecule has 0 amide bonds. The molecule has 0 bridgehead atoms. The predicted octanol–water partition coefficient (Wildman–Crippen LogP) is 3.70. The number of cyclic esters (lactones) is 1. The van der Waals surface area contributed by atoms with E-state index in [0.717, 1.165) is 0 Å². The van der Waals surface area contributed by atoms with Crippen LogP contribution in [-0.2, 0) is 9.53 Å². The van der Waals surface area contributed by atoms with Crippen molar-refractivity contribution in [2.24, 2.45) is 0 Å². The Morgan fingerprint density at radius 1 is 1.18 bits per heavy atom. The third-order valence-corrected chi connectivity index (χ3v) is 3.14. The Bertz CT molecular complexity index is 829. The third kappa shape index (κ3) is 2.54. The van der Waals surface area contributed by atoms with Crippen LogP contribution in [0.1, 0.15) is 12.7 Å². The van der Waals surface area contributed by atoms with Gasteiger partial charge >= 0.3 is 5.97 Å². The molecule has 22 heavy (non-hydrogen) atoms. The van der Waals surface area contributed by atoms with E-state index in [4.69, 9.17) is 9.15 Å². The lowest BCUT2D eigenvalue weighted by atomic mass is 10.1. The fourth-order valence-electron chi connectivity index (χ4n) is 2.18. The molecule has 2 aromatic rings. The van der Waals surface area contributed by atoms with Crippen molar-refractivity contribution in [2.45, 2.75) is 6.92 Å². The van der Waals surface area contributed by atoms with Crippen LogP contribution in [0, 0.1) is 10.1 Å². The Kier molecular flexibility index (Phi) is 3.34. The number of rotatable bonds is 3. The van der Waals surface area contributed by atoms with E-state index < -0.39 is 10.9 Å². The molecule has 2 heterocycles. The van der Waals surface area contributed by atoms with Crippen molar-refractivity contribution >= 4 is 17.7 Å². The molecule has 1 aliphatic rings. The van der Waals surface area contributed by atoms with Crippen LogP contribution in [0.25, 0.3) is 17.4 Å². The van der Waals surface area contributed by atoms with Crippen LogP contribution >= 0.6 is 0 Å². The van der Waals surface area contributed by atoms with Gasteiger partial charge in [-0.2, -0.15) is 0 Å². The largest absolute Gasteiger partial charge is 0.456 e. The normalized spacial score (nSPS) is 15.8. The van der Waals surface area contributed by atoms with Crippen molar-refractivity contribution in [3.8, 4) is 11.3 Å². The van der Waals surface area contributed by atoms with Gasteiger partial charge in [0.05, 0.1) is 16.1 Å². The van der Waals surface area contributed by atoms with E-state index in [0.29, 0.717) is 28.4 Å². The molecule has 6 heteroatoms. The van der Waals surface area contributed by atoms with Crippen LogP contribution < -0.4 is 0 Å². The number of carbonyl (C=O) groups excluding carboxylic acids is 1. The fourth-order valence-corrected chi connectivity index (χ4v) is 2.18. The van der Waals surface area contributed by atoms with Gasteiger partial charge in [0, 0.05) is 6.07 Å². The van der Waals surface area contributed by atoms with Gasteiger partial charge < -0.3 is 9.15 Å². The van der Waals surface area contributed by atoms with Crippen molar-refractivity contribution in [3.63, 3.8) is 0 Å². The van der Waals surface area contributed by atoms with Gasteiger partial charge in [-0.15, -0.1) is 0 Å². The number of nitrogens with zero attached hydrogens (tertiary/aromatic N) is 1. The lowest BCUT2D eigenvalue weighted by molar-refractivity contribution is -0.384. The summed E-state index contributed by atoms with van der Waals surface area (Å²) in [6, 6.07) is 9.59. The summed E-state index contributed by atoms with van der Waals surface area (Å²) in [7, 11) is 0. The van der Waals surface area contributed by atoms with E-state index in [2.05, 4.69) is 0 Å². The Morgan fingerprint density at radius 3 is 2.64 bits per heavy atom. The number of nitro groups is 1. The van der Waals surface area contributed by atoms with Gasteiger partial charge in [0.25, 0.3) is 5.69 Å². The Balaban J connectivity index is 1.97. The molecule has 0 fully saturated rings. The van der Waals surface area contributed by atoms with Crippen molar-refractivity contribution < 1.29 is 18.9 Å². The molecule has 110 valence electrons. The average Bonchev–Trinajstić information content (AvgIpc) is 3.06. The highest BCUT2D eigenvalue weighted by Gasteiger charge is 2.20. The minimum Gasteiger partial charge on any atom is -0.456 e. The molecule has 0 spiro atoms. The van der Waals surface area contributed by atoms with Gasteiger partial charge in [-0.25, -0.2) is 4.79 Å². The molecular formula is C16H11NO5. The van der Waals surface area contributed by atoms with Crippen LogP contribution in [0.5, 0.6) is 0 Å². The monoisotopic (exact) mass is 297 g/mol. The third-order valence-electron chi connectivity index (χ3n) is 3.14. The summed E-state index contributed by atoms with van der Waals surface area (Å²) in [6.45, 7) is 1.68. The molecule has 0 aliphatic carbocycles. The van der Waals surface area contributed by atoms with Crippen LogP contribution in [0.2, 0.25) is 0 Å². The highest BCUT2D eigenvalue weighted by molar-refractivity contribution is 5.99. The molecule has 0 saturated heterocycles. The first-order valence-electron chi connectivity index (χ1n) is 6.50. The summed E-state index contributed by atoms with van der Waals surface area (Å²) >= 11 is 0. The van der Waals surface area contributed by atoms with Crippen LogP contribution in [0.4, 0.5) is 5.69 Å². The van der Waals surface area contributed by atoms with Crippen molar-refractivity contribution in [1.29, 1.82) is 0 Å². The molecule has 1 aliphatic heterocycles. The van der Waals surface area contributed by atoms with Crippen molar-refractivity contribution in [2.75, 3.05) is 0 Å². The van der Waals surface area contributed by atoms with E-state index >= 15 is 0 Å². The van der Waals surface area contributed by atoms with Gasteiger partial charge in [0.2, 0.25) is 0 Å². The lowest BCUT2D eigenvalue weighted by Gasteiger charge is -1.98. The number of furan rings is 1. The molecular weight excluding hydrogens is 286 g/mol. The molecule has 1 aromatic carbocycles. The first-order valence-corrected chi connectivity index (χ1v) is 6.50. The van der Waals surface area contributed by atoms with E-state index in [1.54, 1.807) is 43.3 Å². The van der Waals surface area contributed by atoms with E-state index in [-0.39, 0.29) is 5.69 Å². The summed E-state index contributed by atoms with van der Waals surface area (Å²) in [5, 5.41) is 11.0. The Labute approximate surface area is 125 Å². The minimum atomic E-state index is -0.462. The molecule has 0 N–H and O–H groups in total. The van der Waals surface area contributed by atoms with Crippen LogP contribution in [0.15, 0.2) is 58.2 Å². The summed E-state index contributed by atoms with van der Waals surface area (Å²) < 4.78 is 10.5. The number of esters is 1. The highest BCUT2D eigenvalue weighted by Crippen LogP contribution is 2.31. The zero-order valence-electron chi connectivity index (χ0n) is 11.6. The van der Waals surface area contributed by atoms with E-state index in [1.807, 2.05) is 0 Å². The van der Waals surface area contributed by atoms with Gasteiger partial charge in [-0.3, -0.25) is 10.1 Å². The van der Waals surface area contributed by atoms with E-state index in [1.165, 1.54) is 12.1 Å². The maximum absolute atomic E-state index is 11.5. The van der Waals surface area contributed by atoms with Crippen molar-refractivity contribution in [3.05, 3.63) is 69.7 Å². The van der Waals surface area contributed by atoms with E-state index in [9.17, 15) is 14.9 Å². The van der Waals surface area contributed by atoms with Gasteiger partial charge in [-0.1, -0.05) is 12.1 Å². The van der Waals surface area contributed by atoms with Crippen LogP contribution in [-0.4, -0.2) is 10.9 Å². The Morgan fingerprint density at radius 2 is 1.95 bits per heavy atom. The maximum Gasteiger partial charge on any atom is 0.343 e. The number of benzene rings is 1. The molecule has 0 unspecified atom stereocenters. The number of carbonyl (C=O) groups is 1. The second-order valence-electron chi connectivity index (χ2n) is 4.72. The minimum absolute atomic E-state index is 0.0351. The molecule has 1 aromatic heterocycles. The van der Waals surface area contributed by atoms with Crippen LogP contribution in [0.3, 0.4) is 0 Å². The van der Waals surface area contributed by atoms with Gasteiger partial charge in [-0.05, 0) is 37.3 Å². The number of para-hydroxylation sites is 1. The number of allylic oxidation sites excluding steroid dienone is 1. The number of ether oxygens (including phenoxy) is 1. The molecule has 6 nitrogen and oxygen atoms in total. The first kappa shape index (κ1) is 13.8. The standard InChI is InChI=1S/C16H11NO5/c1-10-8-11(16(18)21-10)9-12-6-7-15(22-12)13-4-2-3-5-14(13)17(19)20/h2-9H,1H3/b11-9+. The first-order chi connectivity index (χ1) is 10.5. The smallest absolute Gasteiger partial charge is 0.343 e. The summed E-state index contributed by atoms with van der Waals surface area (Å²) in [4.78, 5) is 22.1. The maximum atomic E-state index is 11.5. The second kappa shape index (κ2) is 5.33. The van der Waals surface area contributed by atoms with Gasteiger partial charge in [0.15, 0.2) is 0 Å². The summed E-state index contributed by atoms with van der Waals surface area (Å²) in [5.74, 6) is 0.861. The number of nitro benzene ring substituents is 1. The highest BCUT2D eigenvalue weighted by atomic mass is 16.6. The summed E-state index contributed by atoms with van der Waals surface area (Å²) in [6.07, 6.45) is 3.15. The average molecular weight is 297 g/mol. The molecule has 0 atom stereocenters. The number of hydrogen-bond acceptors (Lipinski definition) is 5. The predicted molar refractivity (Wildman–Crippen MR) is 78.6 cm³/mol. The van der Waals surface area contributed by atoms with Gasteiger partial charge in [0.1, 0.15) is 17.3 Å². The lowest BCUT2D eigenvalue weighted by Crippen LogP contribution is -1.95. The quantitative estimate of drug-likeness (QED) is 0.373. The zero-order chi connectivity index (χ0) is 15.7. The molecule has 0 radical (unpaired) electrons. The topological polar surface area (TPSA) is 82.6 Å². The molecule has 0 saturated carbocycles. The Hall–Kier alpha value is -3.15.